The third kappa shape index (κ3) is 2.57. The van der Waals surface area contributed by atoms with Gasteiger partial charge in [0.1, 0.15) is 0 Å². The first-order chi connectivity index (χ1) is 8.22. The van der Waals surface area contributed by atoms with Crippen molar-refractivity contribution < 1.29 is 9.53 Å². The molecule has 1 aromatic carbocycles. The zero-order valence-electron chi connectivity index (χ0n) is 10.5. The second-order valence-corrected chi connectivity index (χ2v) is 4.50. The highest BCUT2D eigenvalue weighted by Gasteiger charge is 2.11. The van der Waals surface area contributed by atoms with Crippen LogP contribution in [0.15, 0.2) is 24.3 Å². The number of methoxy groups -OCH3 is 1. The molecule has 0 fully saturated rings. The number of benzene rings is 1. The van der Waals surface area contributed by atoms with E-state index in [0.717, 1.165) is 12.0 Å². The van der Waals surface area contributed by atoms with Gasteiger partial charge in [0.25, 0.3) is 0 Å². The second-order valence-electron chi connectivity index (χ2n) is 4.50. The molecule has 0 heterocycles. The molecule has 0 radical (unpaired) electrons. The highest BCUT2D eigenvalue weighted by Crippen LogP contribution is 2.29. The van der Waals surface area contributed by atoms with E-state index < -0.39 is 0 Å². The number of ether oxygens (including phenoxy) is 1. The van der Waals surface area contributed by atoms with Crippen molar-refractivity contribution in [3.63, 3.8) is 0 Å². The van der Waals surface area contributed by atoms with Gasteiger partial charge in [0, 0.05) is 0 Å². The van der Waals surface area contributed by atoms with Gasteiger partial charge in [0.15, 0.2) is 0 Å². The molecule has 1 aromatic rings. The van der Waals surface area contributed by atoms with Gasteiger partial charge in [0.2, 0.25) is 0 Å². The number of esters is 1. The number of carbonyl (C=O) groups is 1. The van der Waals surface area contributed by atoms with Gasteiger partial charge in [-0.2, -0.15) is 0 Å². The van der Waals surface area contributed by atoms with Crippen LogP contribution in [-0.4, -0.2) is 13.1 Å². The minimum atomic E-state index is -0.266. The molecule has 2 rings (SSSR count). The summed E-state index contributed by atoms with van der Waals surface area (Å²) >= 11 is 0. The number of carbonyl (C=O) groups excluding carboxylic acids is 1. The molecule has 17 heavy (non-hydrogen) atoms. The summed E-state index contributed by atoms with van der Waals surface area (Å²) in [5.74, 6) is -0.266. The largest absolute Gasteiger partial charge is 0.465 e. The molecule has 0 N–H and O–H groups in total. The van der Waals surface area contributed by atoms with Gasteiger partial charge in [-0.15, -0.1) is 0 Å². The van der Waals surface area contributed by atoms with Crippen LogP contribution in [0.3, 0.4) is 0 Å². The number of aryl methyl sites for hydroxylation is 1. The number of hydrogen-bond acceptors (Lipinski definition) is 2. The van der Waals surface area contributed by atoms with Gasteiger partial charge in [0.05, 0.1) is 12.7 Å². The summed E-state index contributed by atoms with van der Waals surface area (Å²) in [5, 5.41) is 0. The van der Waals surface area contributed by atoms with Crippen LogP contribution in [0, 0.1) is 6.92 Å². The van der Waals surface area contributed by atoms with Crippen molar-refractivity contribution in [2.75, 3.05) is 7.11 Å². The van der Waals surface area contributed by atoms with Gasteiger partial charge in [-0.05, 0) is 61.4 Å². The normalized spacial score (nSPS) is 15.3. The highest BCUT2D eigenvalue weighted by atomic mass is 16.5. The third-order valence-electron chi connectivity index (χ3n) is 3.28. The topological polar surface area (TPSA) is 26.3 Å². The summed E-state index contributed by atoms with van der Waals surface area (Å²) in [5.41, 5.74) is 4.48. The molecule has 2 nitrogen and oxygen atoms in total. The Morgan fingerprint density at radius 3 is 2.71 bits per heavy atom. The molecular weight excluding hydrogens is 212 g/mol. The summed E-state index contributed by atoms with van der Waals surface area (Å²) < 4.78 is 4.72. The van der Waals surface area contributed by atoms with Gasteiger partial charge in [-0.25, -0.2) is 4.79 Å². The van der Waals surface area contributed by atoms with E-state index in [4.69, 9.17) is 4.74 Å². The molecule has 90 valence electrons. The SMILES string of the molecule is COC(=O)c1ccc(C2=CCCCC2)c(C)c1. The van der Waals surface area contributed by atoms with Crippen molar-refractivity contribution in [2.45, 2.75) is 32.6 Å². The fourth-order valence-corrected chi connectivity index (χ4v) is 2.35. The predicted molar refractivity (Wildman–Crippen MR) is 69.0 cm³/mol. The van der Waals surface area contributed by atoms with Gasteiger partial charge >= 0.3 is 5.97 Å². The fraction of sp³-hybridized carbons (Fsp3) is 0.400. The van der Waals surface area contributed by atoms with Crippen LogP contribution in [0.2, 0.25) is 0 Å². The molecule has 1 aliphatic rings. The summed E-state index contributed by atoms with van der Waals surface area (Å²) in [6, 6.07) is 5.80. The molecule has 1 aliphatic carbocycles. The lowest BCUT2D eigenvalue weighted by Crippen LogP contribution is -2.03. The fourth-order valence-electron chi connectivity index (χ4n) is 2.35. The smallest absolute Gasteiger partial charge is 0.337 e. The summed E-state index contributed by atoms with van der Waals surface area (Å²) in [4.78, 5) is 11.4. The van der Waals surface area contributed by atoms with Gasteiger partial charge in [-0.3, -0.25) is 0 Å². The van der Waals surface area contributed by atoms with E-state index in [1.807, 2.05) is 18.2 Å². The standard InChI is InChI=1S/C15H18O2/c1-11-10-13(15(16)17-2)8-9-14(11)12-6-4-3-5-7-12/h6,8-10H,3-5,7H2,1-2H3. The van der Waals surface area contributed by atoms with Crippen molar-refractivity contribution >= 4 is 11.5 Å². The first-order valence-corrected chi connectivity index (χ1v) is 6.11. The third-order valence-corrected chi connectivity index (χ3v) is 3.28. The van der Waals surface area contributed by atoms with Crippen LogP contribution in [0.5, 0.6) is 0 Å². The lowest BCUT2D eigenvalue weighted by molar-refractivity contribution is 0.0600. The molecule has 2 heteroatoms. The van der Waals surface area contributed by atoms with Crippen LogP contribution in [0.25, 0.3) is 5.57 Å². The Bertz CT molecular complexity index is 458. The summed E-state index contributed by atoms with van der Waals surface area (Å²) in [6.07, 6.45) is 7.21. The van der Waals surface area contributed by atoms with Crippen molar-refractivity contribution in [3.8, 4) is 0 Å². The Morgan fingerprint density at radius 1 is 1.29 bits per heavy atom. The molecule has 0 saturated carbocycles. The molecule has 0 bridgehead atoms. The molecule has 0 spiro atoms. The van der Waals surface area contributed by atoms with Gasteiger partial charge < -0.3 is 4.74 Å². The molecular formula is C15H18O2. The quantitative estimate of drug-likeness (QED) is 0.723. The lowest BCUT2D eigenvalue weighted by Gasteiger charge is -2.15. The Morgan fingerprint density at radius 2 is 2.12 bits per heavy atom. The van der Waals surface area contributed by atoms with Crippen LogP contribution < -0.4 is 0 Å². The van der Waals surface area contributed by atoms with Gasteiger partial charge in [-0.1, -0.05) is 12.1 Å². The first kappa shape index (κ1) is 11.9. The van der Waals surface area contributed by atoms with Crippen molar-refractivity contribution in [1.29, 1.82) is 0 Å². The lowest BCUT2D eigenvalue weighted by atomic mass is 9.90. The zero-order chi connectivity index (χ0) is 12.3. The Kier molecular flexibility index (Phi) is 3.62. The van der Waals surface area contributed by atoms with Crippen LogP contribution >= 0.6 is 0 Å². The van der Waals surface area contributed by atoms with E-state index in [1.165, 1.54) is 37.5 Å². The van der Waals surface area contributed by atoms with E-state index >= 15 is 0 Å². The number of allylic oxidation sites excluding steroid dienone is 2. The molecule has 0 aliphatic heterocycles. The molecule has 0 amide bonds. The molecule has 0 aromatic heterocycles. The monoisotopic (exact) mass is 230 g/mol. The Labute approximate surface area is 102 Å². The first-order valence-electron chi connectivity index (χ1n) is 6.11. The average Bonchev–Trinajstić information content (AvgIpc) is 2.38. The second kappa shape index (κ2) is 5.17. The minimum absolute atomic E-state index is 0.266. The number of rotatable bonds is 2. The van der Waals surface area contributed by atoms with Crippen LogP contribution in [-0.2, 0) is 4.74 Å². The van der Waals surface area contributed by atoms with Crippen molar-refractivity contribution in [1.82, 2.24) is 0 Å². The molecule has 0 unspecified atom stereocenters. The predicted octanol–water partition coefficient (Wildman–Crippen LogP) is 3.74. The van der Waals surface area contributed by atoms with E-state index in [9.17, 15) is 4.79 Å². The maximum atomic E-state index is 11.4. The zero-order valence-corrected chi connectivity index (χ0v) is 10.5. The van der Waals surface area contributed by atoms with Crippen LogP contribution in [0.4, 0.5) is 0 Å². The van der Waals surface area contributed by atoms with Crippen molar-refractivity contribution in [3.05, 3.63) is 41.0 Å². The summed E-state index contributed by atoms with van der Waals surface area (Å²) in [7, 11) is 1.41. The maximum absolute atomic E-state index is 11.4. The van der Waals surface area contributed by atoms with Crippen molar-refractivity contribution in [2.24, 2.45) is 0 Å². The highest BCUT2D eigenvalue weighted by molar-refractivity contribution is 5.90. The Balaban J connectivity index is 2.31. The van der Waals surface area contributed by atoms with E-state index in [-0.39, 0.29) is 5.97 Å². The van der Waals surface area contributed by atoms with E-state index in [0.29, 0.717) is 5.56 Å². The van der Waals surface area contributed by atoms with Crippen LogP contribution in [0.1, 0.15) is 47.2 Å². The molecule has 0 saturated heterocycles. The minimum Gasteiger partial charge on any atom is -0.465 e. The average molecular weight is 230 g/mol. The van der Waals surface area contributed by atoms with E-state index in [2.05, 4.69) is 13.0 Å². The molecule has 0 atom stereocenters. The number of hydrogen-bond donors (Lipinski definition) is 0. The summed E-state index contributed by atoms with van der Waals surface area (Å²) in [6.45, 7) is 2.05. The maximum Gasteiger partial charge on any atom is 0.337 e. The Hall–Kier alpha value is -1.57. The van der Waals surface area contributed by atoms with E-state index in [1.54, 1.807) is 0 Å².